The Labute approximate surface area is 159 Å². The molecule has 0 aliphatic carbocycles. The summed E-state index contributed by atoms with van der Waals surface area (Å²) in [5, 5.41) is 0. The third kappa shape index (κ3) is 4.52. The van der Waals surface area contributed by atoms with E-state index >= 15 is 0 Å². The highest BCUT2D eigenvalue weighted by atomic mass is 32.2. The largest absolute Gasteiger partial charge is 0.494 e. The van der Waals surface area contributed by atoms with E-state index in [1.165, 1.54) is 12.1 Å². The Hall–Kier alpha value is -2.29. The molecule has 3 rings (SSSR count). The molecule has 0 bridgehead atoms. The highest BCUT2D eigenvalue weighted by molar-refractivity contribution is 7.89. The molecule has 0 fully saturated rings. The van der Waals surface area contributed by atoms with Gasteiger partial charge >= 0.3 is 0 Å². The van der Waals surface area contributed by atoms with Gasteiger partial charge in [-0.25, -0.2) is 13.1 Å². The van der Waals surface area contributed by atoms with E-state index in [0.717, 1.165) is 11.3 Å². The maximum atomic E-state index is 12.7. The normalized spacial score (nSPS) is 14.4. The van der Waals surface area contributed by atoms with Gasteiger partial charge in [-0.2, -0.15) is 0 Å². The van der Waals surface area contributed by atoms with Gasteiger partial charge in [0.1, 0.15) is 5.75 Å². The van der Waals surface area contributed by atoms with Gasteiger partial charge in [0, 0.05) is 18.7 Å². The second-order valence-electron chi connectivity index (χ2n) is 6.35. The fourth-order valence-electron chi connectivity index (χ4n) is 2.87. The van der Waals surface area contributed by atoms with Gasteiger partial charge < -0.3 is 19.1 Å². The number of hydrogen-bond donors (Lipinski definition) is 1. The zero-order valence-corrected chi connectivity index (χ0v) is 16.5. The van der Waals surface area contributed by atoms with Gasteiger partial charge in [0.25, 0.3) is 0 Å². The highest BCUT2D eigenvalue weighted by Crippen LogP contribution is 2.33. The molecule has 1 heterocycles. The number of nitrogens with zero attached hydrogens (tertiary/aromatic N) is 1. The quantitative estimate of drug-likeness (QED) is 0.743. The van der Waals surface area contributed by atoms with E-state index in [1.807, 2.05) is 50.2 Å². The Bertz CT molecular complexity index is 881. The van der Waals surface area contributed by atoms with Crippen molar-refractivity contribution in [3.8, 4) is 17.2 Å². The Balaban J connectivity index is 1.73. The topological polar surface area (TPSA) is 77.1 Å². The summed E-state index contributed by atoms with van der Waals surface area (Å²) in [6, 6.07) is 12.2. The summed E-state index contributed by atoms with van der Waals surface area (Å²) in [6.07, 6.45) is 0. The number of benzene rings is 2. The van der Waals surface area contributed by atoms with Gasteiger partial charge in [-0.15, -0.1) is 0 Å². The van der Waals surface area contributed by atoms with Crippen molar-refractivity contribution in [1.82, 2.24) is 9.62 Å². The minimum Gasteiger partial charge on any atom is -0.494 e. The first-order valence-electron chi connectivity index (χ1n) is 8.69. The summed E-state index contributed by atoms with van der Waals surface area (Å²) < 4.78 is 44.0. The maximum Gasteiger partial charge on any atom is 0.240 e. The van der Waals surface area contributed by atoms with Crippen molar-refractivity contribution >= 4 is 10.0 Å². The van der Waals surface area contributed by atoms with Crippen LogP contribution in [0.4, 0.5) is 0 Å². The second-order valence-corrected chi connectivity index (χ2v) is 8.12. The number of fused-ring (bicyclic) bond motifs is 1. The lowest BCUT2D eigenvalue weighted by atomic mass is 10.1. The monoisotopic (exact) mass is 392 g/mol. The molecule has 2 aromatic carbocycles. The summed E-state index contributed by atoms with van der Waals surface area (Å²) in [7, 11) is 0.153. The van der Waals surface area contributed by atoms with Crippen molar-refractivity contribution in [1.29, 1.82) is 0 Å². The molecule has 7 nitrogen and oxygen atoms in total. The zero-order chi connectivity index (χ0) is 19.4. The van der Waals surface area contributed by atoms with Crippen molar-refractivity contribution in [3.05, 3.63) is 48.0 Å². The smallest absolute Gasteiger partial charge is 0.240 e. The van der Waals surface area contributed by atoms with Crippen LogP contribution in [0.5, 0.6) is 17.2 Å². The summed E-state index contributed by atoms with van der Waals surface area (Å²) in [4.78, 5) is 2.12. The number of likely N-dealkylation sites (N-methyl/N-ethyl adjacent to an activating group) is 1. The van der Waals surface area contributed by atoms with E-state index in [2.05, 4.69) is 4.72 Å². The molecule has 0 saturated carbocycles. The van der Waals surface area contributed by atoms with Gasteiger partial charge in [0.15, 0.2) is 11.5 Å². The molecule has 146 valence electrons. The average Bonchev–Trinajstić information content (AvgIpc) is 3.11. The van der Waals surface area contributed by atoms with E-state index in [-0.39, 0.29) is 24.3 Å². The molecule has 1 aliphatic rings. The fourth-order valence-corrected chi connectivity index (χ4v) is 3.92. The Morgan fingerprint density at radius 2 is 1.81 bits per heavy atom. The van der Waals surface area contributed by atoms with Crippen LogP contribution in [0.1, 0.15) is 18.5 Å². The SMILES string of the molecule is CCOc1ccc([C@@H](CNS(=O)(=O)c2ccc3c(c2)OCO3)N(C)C)cc1. The summed E-state index contributed by atoms with van der Waals surface area (Å²) in [6.45, 7) is 2.87. The van der Waals surface area contributed by atoms with E-state index in [1.54, 1.807) is 6.07 Å². The predicted molar refractivity (Wildman–Crippen MR) is 102 cm³/mol. The van der Waals surface area contributed by atoms with Crippen molar-refractivity contribution in [3.63, 3.8) is 0 Å². The minimum absolute atomic E-state index is 0.104. The third-order valence-corrected chi connectivity index (χ3v) is 5.74. The van der Waals surface area contributed by atoms with E-state index < -0.39 is 10.0 Å². The average molecular weight is 392 g/mol. The number of rotatable bonds is 8. The molecule has 0 aromatic heterocycles. The molecule has 0 saturated heterocycles. The van der Waals surface area contributed by atoms with E-state index in [9.17, 15) is 8.42 Å². The van der Waals surface area contributed by atoms with Gasteiger partial charge in [0.2, 0.25) is 16.8 Å². The van der Waals surface area contributed by atoms with Gasteiger partial charge in [-0.3, -0.25) is 0 Å². The summed E-state index contributed by atoms with van der Waals surface area (Å²) in [5.41, 5.74) is 0.997. The van der Waals surface area contributed by atoms with Crippen molar-refractivity contribution in [2.75, 3.05) is 34.0 Å². The van der Waals surface area contributed by atoms with Crippen molar-refractivity contribution in [2.24, 2.45) is 0 Å². The molecule has 1 N–H and O–H groups in total. The molecule has 1 atom stereocenters. The van der Waals surface area contributed by atoms with Crippen LogP contribution in [0.25, 0.3) is 0 Å². The first-order chi connectivity index (χ1) is 12.9. The van der Waals surface area contributed by atoms with Gasteiger partial charge in [-0.05, 0) is 50.8 Å². The minimum atomic E-state index is -3.67. The summed E-state index contributed by atoms with van der Waals surface area (Å²) in [5.74, 6) is 1.78. The van der Waals surface area contributed by atoms with E-state index in [0.29, 0.717) is 18.1 Å². The zero-order valence-electron chi connectivity index (χ0n) is 15.6. The second kappa shape index (κ2) is 8.16. The van der Waals surface area contributed by atoms with Crippen LogP contribution in [-0.2, 0) is 10.0 Å². The predicted octanol–water partition coefficient (Wildman–Crippen LogP) is 2.40. The Morgan fingerprint density at radius 1 is 1.11 bits per heavy atom. The Morgan fingerprint density at radius 3 is 2.48 bits per heavy atom. The maximum absolute atomic E-state index is 12.7. The molecule has 0 spiro atoms. The molecule has 1 aliphatic heterocycles. The van der Waals surface area contributed by atoms with Crippen LogP contribution in [0, 0.1) is 0 Å². The van der Waals surface area contributed by atoms with Gasteiger partial charge in [-0.1, -0.05) is 12.1 Å². The number of nitrogens with one attached hydrogen (secondary N) is 1. The first kappa shape index (κ1) is 19.5. The van der Waals surface area contributed by atoms with Crippen LogP contribution >= 0.6 is 0 Å². The van der Waals surface area contributed by atoms with Crippen LogP contribution < -0.4 is 18.9 Å². The third-order valence-electron chi connectivity index (χ3n) is 4.32. The summed E-state index contributed by atoms with van der Waals surface area (Å²) >= 11 is 0. The van der Waals surface area contributed by atoms with Gasteiger partial charge in [0.05, 0.1) is 11.5 Å². The molecular weight excluding hydrogens is 368 g/mol. The molecule has 27 heavy (non-hydrogen) atoms. The van der Waals surface area contributed by atoms with Crippen LogP contribution in [0.2, 0.25) is 0 Å². The molecule has 0 radical (unpaired) electrons. The number of ether oxygens (including phenoxy) is 3. The fraction of sp³-hybridized carbons (Fsp3) is 0.368. The highest BCUT2D eigenvalue weighted by Gasteiger charge is 2.22. The first-order valence-corrected chi connectivity index (χ1v) is 10.2. The molecular formula is C19H24N2O5S. The van der Waals surface area contributed by atoms with Crippen LogP contribution in [0.15, 0.2) is 47.4 Å². The molecule has 2 aromatic rings. The van der Waals surface area contributed by atoms with Crippen LogP contribution in [0.3, 0.4) is 0 Å². The lowest BCUT2D eigenvalue weighted by Crippen LogP contribution is -2.34. The lowest BCUT2D eigenvalue weighted by molar-refractivity contribution is 0.174. The van der Waals surface area contributed by atoms with E-state index in [4.69, 9.17) is 14.2 Å². The Kier molecular flexibility index (Phi) is 5.88. The van der Waals surface area contributed by atoms with Crippen molar-refractivity contribution < 1.29 is 22.6 Å². The van der Waals surface area contributed by atoms with Crippen molar-refractivity contribution in [2.45, 2.75) is 17.9 Å². The molecule has 0 amide bonds. The standard InChI is InChI=1S/C19H24N2O5S/c1-4-24-15-7-5-14(6-8-15)17(21(2)3)12-20-27(22,23)16-9-10-18-19(11-16)26-13-25-18/h5-11,17,20H,4,12-13H2,1-3H3/t17-/m1/s1. The molecule has 8 heteroatoms. The number of sulfonamides is 1. The number of hydrogen-bond acceptors (Lipinski definition) is 6. The van der Waals surface area contributed by atoms with Crippen LogP contribution in [-0.4, -0.2) is 47.4 Å². The lowest BCUT2D eigenvalue weighted by Gasteiger charge is -2.25. The molecule has 0 unspecified atom stereocenters.